The lowest BCUT2D eigenvalue weighted by Gasteiger charge is -2.13. The first-order valence-corrected chi connectivity index (χ1v) is 7.13. The van der Waals surface area contributed by atoms with Gasteiger partial charge in [0.25, 0.3) is 0 Å². The van der Waals surface area contributed by atoms with Gasteiger partial charge in [0.1, 0.15) is 0 Å². The minimum absolute atomic E-state index is 1.05. The van der Waals surface area contributed by atoms with Crippen LogP contribution in [0, 0.1) is 0 Å². The van der Waals surface area contributed by atoms with Gasteiger partial charge in [-0.2, -0.15) is 0 Å². The zero-order valence-corrected chi connectivity index (χ0v) is 11.1. The summed E-state index contributed by atoms with van der Waals surface area (Å²) in [4.78, 5) is 7.01. The third kappa shape index (κ3) is 3.41. The SMILES string of the molecule is ICc1ccc(CCN2CCCC2)nc1. The summed E-state index contributed by atoms with van der Waals surface area (Å²) in [5.74, 6) is 0. The molecule has 0 bridgehead atoms. The molecule has 0 saturated carbocycles. The second-order valence-corrected chi connectivity index (χ2v) is 4.85. The van der Waals surface area contributed by atoms with Crippen LogP contribution in [0.3, 0.4) is 0 Å². The molecule has 0 aliphatic carbocycles. The summed E-state index contributed by atoms with van der Waals surface area (Å²) in [7, 11) is 0. The molecule has 0 N–H and O–H groups in total. The van der Waals surface area contributed by atoms with E-state index in [1.54, 1.807) is 0 Å². The smallest absolute Gasteiger partial charge is 0.0416 e. The molecule has 0 atom stereocenters. The average Bonchev–Trinajstić information content (AvgIpc) is 2.80. The highest BCUT2D eigenvalue weighted by molar-refractivity contribution is 14.1. The molecule has 2 nitrogen and oxygen atoms in total. The highest BCUT2D eigenvalue weighted by atomic mass is 127. The third-order valence-electron chi connectivity index (χ3n) is 2.92. The van der Waals surface area contributed by atoms with Crippen LogP contribution < -0.4 is 0 Å². The maximum absolute atomic E-state index is 4.48. The van der Waals surface area contributed by atoms with Crippen molar-refractivity contribution >= 4 is 22.6 Å². The minimum atomic E-state index is 1.05. The molecular weight excluding hydrogens is 299 g/mol. The Kier molecular flexibility index (Phi) is 4.38. The Morgan fingerprint density at radius 1 is 1.27 bits per heavy atom. The molecule has 1 aliphatic heterocycles. The largest absolute Gasteiger partial charge is 0.303 e. The highest BCUT2D eigenvalue weighted by Gasteiger charge is 2.10. The number of pyridine rings is 1. The fraction of sp³-hybridized carbons (Fsp3) is 0.583. The minimum Gasteiger partial charge on any atom is -0.303 e. The topological polar surface area (TPSA) is 16.1 Å². The number of rotatable bonds is 4. The van der Waals surface area contributed by atoms with Crippen LogP contribution in [0.1, 0.15) is 24.1 Å². The lowest BCUT2D eigenvalue weighted by molar-refractivity contribution is 0.342. The van der Waals surface area contributed by atoms with Gasteiger partial charge in [-0.3, -0.25) is 4.98 Å². The second kappa shape index (κ2) is 5.80. The quantitative estimate of drug-likeness (QED) is 0.627. The van der Waals surface area contributed by atoms with Crippen LogP contribution >= 0.6 is 22.6 Å². The molecule has 0 amide bonds. The van der Waals surface area contributed by atoms with E-state index in [2.05, 4.69) is 44.6 Å². The van der Waals surface area contributed by atoms with E-state index < -0.39 is 0 Å². The number of aromatic nitrogens is 1. The van der Waals surface area contributed by atoms with Crippen LogP contribution in [0.5, 0.6) is 0 Å². The second-order valence-electron chi connectivity index (χ2n) is 4.09. The summed E-state index contributed by atoms with van der Waals surface area (Å²) in [6, 6.07) is 4.36. The van der Waals surface area contributed by atoms with Gasteiger partial charge in [0, 0.05) is 29.3 Å². The first kappa shape index (κ1) is 11.3. The first-order valence-electron chi connectivity index (χ1n) is 5.60. The highest BCUT2D eigenvalue weighted by Crippen LogP contribution is 2.09. The summed E-state index contributed by atoms with van der Waals surface area (Å²) < 4.78 is 1.05. The number of hydrogen-bond acceptors (Lipinski definition) is 2. The van der Waals surface area contributed by atoms with Crippen LogP contribution in [-0.2, 0) is 10.8 Å². The molecule has 2 heterocycles. The van der Waals surface area contributed by atoms with Crippen LogP contribution in [-0.4, -0.2) is 29.5 Å². The van der Waals surface area contributed by atoms with Gasteiger partial charge in [-0.1, -0.05) is 28.7 Å². The molecule has 2 rings (SSSR count). The van der Waals surface area contributed by atoms with Crippen molar-refractivity contribution in [2.75, 3.05) is 19.6 Å². The van der Waals surface area contributed by atoms with Crippen LogP contribution in [0.4, 0.5) is 0 Å². The predicted octanol–water partition coefficient (Wildman–Crippen LogP) is 2.65. The summed E-state index contributed by atoms with van der Waals surface area (Å²) in [6.07, 6.45) is 5.86. The molecule has 3 heteroatoms. The average molecular weight is 316 g/mol. The van der Waals surface area contributed by atoms with Crippen molar-refractivity contribution in [3.63, 3.8) is 0 Å². The van der Waals surface area contributed by atoms with E-state index in [4.69, 9.17) is 0 Å². The summed E-state index contributed by atoms with van der Waals surface area (Å²) in [5, 5.41) is 0. The summed E-state index contributed by atoms with van der Waals surface area (Å²) >= 11 is 2.37. The monoisotopic (exact) mass is 316 g/mol. The molecule has 15 heavy (non-hydrogen) atoms. The van der Waals surface area contributed by atoms with Crippen LogP contribution in [0.25, 0.3) is 0 Å². The molecule has 1 saturated heterocycles. The zero-order chi connectivity index (χ0) is 10.5. The van der Waals surface area contributed by atoms with E-state index >= 15 is 0 Å². The van der Waals surface area contributed by atoms with Crippen LogP contribution in [0.2, 0.25) is 0 Å². The Morgan fingerprint density at radius 2 is 2.07 bits per heavy atom. The van der Waals surface area contributed by atoms with E-state index in [-0.39, 0.29) is 0 Å². The summed E-state index contributed by atoms with van der Waals surface area (Å²) in [6.45, 7) is 3.74. The maximum atomic E-state index is 4.48. The van der Waals surface area contributed by atoms with Gasteiger partial charge in [0.2, 0.25) is 0 Å². The fourth-order valence-corrected chi connectivity index (χ4v) is 2.41. The van der Waals surface area contributed by atoms with Crippen LogP contribution in [0.15, 0.2) is 18.3 Å². The van der Waals surface area contributed by atoms with Gasteiger partial charge in [0.05, 0.1) is 0 Å². The zero-order valence-electron chi connectivity index (χ0n) is 8.95. The van der Waals surface area contributed by atoms with Gasteiger partial charge in [-0.25, -0.2) is 0 Å². The molecule has 0 unspecified atom stereocenters. The van der Waals surface area contributed by atoms with Crippen molar-refractivity contribution in [2.24, 2.45) is 0 Å². The van der Waals surface area contributed by atoms with E-state index in [9.17, 15) is 0 Å². The number of likely N-dealkylation sites (tertiary alicyclic amines) is 1. The van der Waals surface area contributed by atoms with Gasteiger partial charge >= 0.3 is 0 Å². The first-order chi connectivity index (χ1) is 7.38. The van der Waals surface area contributed by atoms with E-state index in [1.165, 1.54) is 43.7 Å². The van der Waals surface area contributed by atoms with Crippen molar-refractivity contribution in [3.8, 4) is 0 Å². The van der Waals surface area contributed by atoms with Gasteiger partial charge in [-0.05, 0) is 37.6 Å². The Morgan fingerprint density at radius 3 is 2.67 bits per heavy atom. The molecule has 0 radical (unpaired) electrons. The van der Waals surface area contributed by atoms with Gasteiger partial charge < -0.3 is 4.90 Å². The molecule has 0 aromatic carbocycles. The Hall–Kier alpha value is -0.160. The van der Waals surface area contributed by atoms with E-state index in [0.29, 0.717) is 0 Å². The number of alkyl halides is 1. The molecule has 1 fully saturated rings. The Labute approximate surface area is 105 Å². The van der Waals surface area contributed by atoms with E-state index in [1.807, 2.05) is 6.20 Å². The normalized spacial score (nSPS) is 17.1. The van der Waals surface area contributed by atoms with E-state index in [0.717, 1.165) is 10.8 Å². The molecule has 1 aromatic heterocycles. The Bertz CT molecular complexity index is 291. The standard InChI is InChI=1S/C12H17IN2/c13-9-11-3-4-12(14-10-11)5-8-15-6-1-2-7-15/h3-4,10H,1-2,5-9H2. The Balaban J connectivity index is 1.82. The predicted molar refractivity (Wildman–Crippen MR) is 71.3 cm³/mol. The number of halogens is 1. The lowest BCUT2D eigenvalue weighted by Crippen LogP contribution is -2.22. The van der Waals surface area contributed by atoms with Gasteiger partial charge in [0.15, 0.2) is 0 Å². The summed E-state index contributed by atoms with van der Waals surface area (Å²) in [5.41, 5.74) is 2.55. The van der Waals surface area contributed by atoms with Gasteiger partial charge in [-0.15, -0.1) is 0 Å². The molecule has 1 aromatic rings. The van der Waals surface area contributed by atoms with Crippen molar-refractivity contribution < 1.29 is 0 Å². The fourth-order valence-electron chi connectivity index (χ4n) is 1.96. The molecule has 1 aliphatic rings. The number of nitrogens with zero attached hydrogens (tertiary/aromatic N) is 2. The lowest BCUT2D eigenvalue weighted by atomic mass is 10.2. The maximum Gasteiger partial charge on any atom is 0.0416 e. The van der Waals surface area contributed by atoms with Crippen molar-refractivity contribution in [1.29, 1.82) is 0 Å². The van der Waals surface area contributed by atoms with Crippen molar-refractivity contribution in [2.45, 2.75) is 23.7 Å². The third-order valence-corrected chi connectivity index (χ3v) is 3.80. The molecular formula is C12H17IN2. The molecule has 82 valence electrons. The number of hydrogen-bond donors (Lipinski definition) is 0. The molecule has 0 spiro atoms. The van der Waals surface area contributed by atoms with Crippen molar-refractivity contribution in [1.82, 2.24) is 9.88 Å². The van der Waals surface area contributed by atoms with Crippen molar-refractivity contribution in [3.05, 3.63) is 29.6 Å².